The van der Waals surface area contributed by atoms with Gasteiger partial charge in [0.15, 0.2) is 5.78 Å². The lowest BCUT2D eigenvalue weighted by atomic mass is 10.0. The molecule has 0 bridgehead atoms. The first kappa shape index (κ1) is 21.2. The Morgan fingerprint density at radius 2 is 1.89 bits per heavy atom. The Hall–Kier alpha value is -3.09. The van der Waals surface area contributed by atoms with Crippen molar-refractivity contribution in [2.45, 2.75) is 25.8 Å². The lowest BCUT2D eigenvalue weighted by molar-refractivity contribution is -0.117. The predicted molar refractivity (Wildman–Crippen MR) is 104 cm³/mol. The third-order valence-electron chi connectivity index (χ3n) is 4.07. The summed E-state index contributed by atoms with van der Waals surface area (Å²) in [5.41, 5.74) is 1.11. The van der Waals surface area contributed by atoms with Crippen LogP contribution in [0.1, 0.15) is 31.4 Å². The van der Waals surface area contributed by atoms with Gasteiger partial charge < -0.3 is 24.3 Å². The van der Waals surface area contributed by atoms with Gasteiger partial charge in [0.2, 0.25) is 0 Å². The van der Waals surface area contributed by atoms with Crippen LogP contribution in [0.15, 0.2) is 36.4 Å². The average Bonchev–Trinajstić information content (AvgIpc) is 2.69. The number of unbranched alkanes of at least 4 members (excludes halogenated alkanes) is 1. The summed E-state index contributed by atoms with van der Waals surface area (Å²) in [5, 5.41) is 3.14. The number of Topliss-reactive ketones (excluding diaryl/α,β-unsaturated/α-hetero) is 1. The van der Waals surface area contributed by atoms with Crippen molar-refractivity contribution in [3.63, 3.8) is 0 Å². The van der Waals surface area contributed by atoms with Crippen LogP contribution in [-0.4, -0.2) is 32.9 Å². The van der Waals surface area contributed by atoms with E-state index in [9.17, 15) is 14.0 Å². The Morgan fingerprint density at radius 1 is 1.14 bits per heavy atom. The molecule has 2 rings (SSSR count). The molecule has 0 radical (unpaired) electrons. The van der Waals surface area contributed by atoms with Crippen molar-refractivity contribution in [2.75, 3.05) is 26.1 Å². The fourth-order valence-corrected chi connectivity index (χ4v) is 2.70. The minimum atomic E-state index is -0.745. The van der Waals surface area contributed by atoms with Gasteiger partial charge in [0.05, 0.1) is 20.8 Å². The number of halogens is 1. The fraction of sp³-hybridized carbons (Fsp3) is 0.333. The zero-order valence-corrected chi connectivity index (χ0v) is 16.2. The van der Waals surface area contributed by atoms with Crippen molar-refractivity contribution >= 4 is 17.8 Å². The Bertz CT molecular complexity index is 824. The van der Waals surface area contributed by atoms with Crippen LogP contribution in [-0.2, 0) is 9.59 Å². The molecular weight excluding hydrogens is 365 g/mol. The van der Waals surface area contributed by atoms with Crippen molar-refractivity contribution < 1.29 is 28.2 Å². The number of ketones is 1. The topological polar surface area (TPSA) is 73.9 Å². The van der Waals surface area contributed by atoms with Crippen molar-refractivity contribution in [1.82, 2.24) is 0 Å². The minimum absolute atomic E-state index is 0.166. The summed E-state index contributed by atoms with van der Waals surface area (Å²) in [6.07, 6.45) is 1.87. The van der Waals surface area contributed by atoms with Gasteiger partial charge in [0.25, 0.3) is 0 Å². The number of ether oxygens (including phenoxy) is 3. The number of carbonyl (C=O) groups excluding carboxylic acids is 2. The van der Waals surface area contributed by atoms with Gasteiger partial charge in [-0.15, -0.1) is 0 Å². The average molecular weight is 389 g/mol. The molecule has 0 aliphatic heterocycles. The zero-order valence-electron chi connectivity index (χ0n) is 16.2. The summed E-state index contributed by atoms with van der Waals surface area (Å²) in [6.45, 7) is 1.82. The van der Waals surface area contributed by atoms with Crippen LogP contribution in [0.2, 0.25) is 0 Å². The molecule has 2 aromatic carbocycles. The van der Waals surface area contributed by atoms with Gasteiger partial charge in [-0.25, -0.2) is 4.39 Å². The molecule has 6 nitrogen and oxygen atoms in total. The quantitative estimate of drug-likeness (QED) is 0.463. The summed E-state index contributed by atoms with van der Waals surface area (Å²) < 4.78 is 29.7. The maximum absolute atomic E-state index is 13.5. The number of carbonyl (C=O) groups is 2. The number of hydrogen-bond donors (Lipinski definition) is 1. The fourth-order valence-electron chi connectivity index (χ4n) is 2.70. The summed E-state index contributed by atoms with van der Waals surface area (Å²) in [6, 6.07) is 8.46. The lowest BCUT2D eigenvalue weighted by Crippen LogP contribution is -2.19. The number of hydrogen-bond acceptors (Lipinski definition) is 6. The molecule has 1 N–H and O–H groups in total. The third-order valence-corrected chi connectivity index (χ3v) is 4.07. The van der Waals surface area contributed by atoms with Crippen LogP contribution in [0.4, 0.5) is 10.1 Å². The first-order chi connectivity index (χ1) is 13.5. The molecule has 0 aliphatic rings. The van der Waals surface area contributed by atoms with E-state index >= 15 is 0 Å². The van der Waals surface area contributed by atoms with Gasteiger partial charge in [-0.2, -0.15) is 0 Å². The molecule has 0 heterocycles. The highest BCUT2D eigenvalue weighted by molar-refractivity contribution is 5.86. The Balaban J connectivity index is 2.29. The lowest BCUT2D eigenvalue weighted by Gasteiger charge is -2.21. The Labute approximate surface area is 163 Å². The molecule has 0 aromatic heterocycles. The number of nitrogens with one attached hydrogen (secondary N) is 1. The highest BCUT2D eigenvalue weighted by Crippen LogP contribution is 2.32. The summed E-state index contributed by atoms with van der Waals surface area (Å²) in [5.74, 6) is 0.752. The maximum atomic E-state index is 13.5. The molecule has 0 spiro atoms. The van der Waals surface area contributed by atoms with Gasteiger partial charge >= 0.3 is 0 Å². The smallest absolute Gasteiger partial charge is 0.156 e. The standard InChI is InChI=1S/C21H24FNO5/c1-14(25)21(19-7-6-15(22)10-20(19)27-3)23-16-11-17(26-2)13-18(12-16)28-9-5-4-8-24/h6-8,10-13,21,23H,4-5,9H2,1-3H3. The summed E-state index contributed by atoms with van der Waals surface area (Å²) in [4.78, 5) is 22.7. The molecule has 0 amide bonds. The van der Waals surface area contributed by atoms with Gasteiger partial charge in [-0.05, 0) is 25.5 Å². The SMILES string of the molecule is COc1cc(NC(C(C)=O)c2ccc(F)cc2OC)cc(OCCCC=O)c1. The molecule has 0 aliphatic carbocycles. The van der Waals surface area contributed by atoms with E-state index in [0.717, 1.165) is 6.29 Å². The van der Waals surface area contributed by atoms with Crippen LogP contribution < -0.4 is 19.5 Å². The molecule has 0 saturated heterocycles. The molecule has 1 atom stereocenters. The van der Waals surface area contributed by atoms with E-state index in [1.54, 1.807) is 18.2 Å². The van der Waals surface area contributed by atoms with Crippen LogP contribution >= 0.6 is 0 Å². The third kappa shape index (κ3) is 5.70. The second-order valence-corrected chi connectivity index (χ2v) is 6.13. The normalized spacial score (nSPS) is 11.4. The maximum Gasteiger partial charge on any atom is 0.156 e. The Morgan fingerprint density at radius 3 is 2.54 bits per heavy atom. The molecule has 0 saturated carbocycles. The predicted octanol–water partition coefficient (Wildman–Crippen LogP) is 3.94. The van der Waals surface area contributed by atoms with Gasteiger partial charge in [0, 0.05) is 41.9 Å². The summed E-state index contributed by atoms with van der Waals surface area (Å²) >= 11 is 0. The van der Waals surface area contributed by atoms with Crippen molar-refractivity contribution in [3.05, 3.63) is 47.8 Å². The second-order valence-electron chi connectivity index (χ2n) is 6.13. The van der Waals surface area contributed by atoms with Crippen LogP contribution in [0.5, 0.6) is 17.2 Å². The first-order valence-corrected chi connectivity index (χ1v) is 8.84. The molecule has 1 unspecified atom stereocenters. The van der Waals surface area contributed by atoms with E-state index in [2.05, 4.69) is 5.32 Å². The van der Waals surface area contributed by atoms with Gasteiger partial charge in [-0.1, -0.05) is 0 Å². The second kappa shape index (κ2) is 10.3. The monoisotopic (exact) mass is 389 g/mol. The van der Waals surface area contributed by atoms with E-state index in [1.165, 1.54) is 39.3 Å². The summed E-state index contributed by atoms with van der Waals surface area (Å²) in [7, 11) is 2.95. The van der Waals surface area contributed by atoms with Crippen molar-refractivity contribution in [2.24, 2.45) is 0 Å². The van der Waals surface area contributed by atoms with E-state index < -0.39 is 11.9 Å². The van der Waals surface area contributed by atoms with E-state index in [0.29, 0.717) is 42.2 Å². The van der Waals surface area contributed by atoms with Gasteiger partial charge in [0.1, 0.15) is 35.4 Å². The zero-order chi connectivity index (χ0) is 20.5. The first-order valence-electron chi connectivity index (χ1n) is 8.84. The highest BCUT2D eigenvalue weighted by atomic mass is 19.1. The minimum Gasteiger partial charge on any atom is -0.497 e. The molecule has 150 valence electrons. The van der Waals surface area contributed by atoms with E-state index in [1.807, 2.05) is 0 Å². The Kier molecular flexibility index (Phi) is 7.80. The molecule has 7 heteroatoms. The highest BCUT2D eigenvalue weighted by Gasteiger charge is 2.21. The molecule has 28 heavy (non-hydrogen) atoms. The van der Waals surface area contributed by atoms with Crippen molar-refractivity contribution in [1.29, 1.82) is 0 Å². The van der Waals surface area contributed by atoms with Gasteiger partial charge in [-0.3, -0.25) is 4.79 Å². The van der Waals surface area contributed by atoms with Crippen molar-refractivity contribution in [3.8, 4) is 17.2 Å². The number of benzene rings is 2. The van der Waals surface area contributed by atoms with Crippen LogP contribution in [0.25, 0.3) is 0 Å². The van der Waals surface area contributed by atoms with E-state index in [4.69, 9.17) is 14.2 Å². The number of aldehydes is 1. The largest absolute Gasteiger partial charge is 0.497 e. The molecule has 0 fully saturated rings. The number of methoxy groups -OCH3 is 2. The van der Waals surface area contributed by atoms with Crippen LogP contribution in [0, 0.1) is 5.82 Å². The number of rotatable bonds is 11. The van der Waals surface area contributed by atoms with Crippen LogP contribution in [0.3, 0.4) is 0 Å². The molecular formula is C21H24FNO5. The van der Waals surface area contributed by atoms with E-state index in [-0.39, 0.29) is 11.5 Å². The molecule has 2 aromatic rings. The number of anilines is 1.